The van der Waals surface area contributed by atoms with Gasteiger partial charge in [0.05, 0.1) is 16.7 Å². The number of esters is 1. The van der Waals surface area contributed by atoms with E-state index in [1.807, 2.05) is 25.1 Å². The Hall–Kier alpha value is -0.990. The Kier molecular flexibility index (Phi) is 7.61. The number of unbranched alkanes of at least 4 members (excludes halogenated alkanes) is 2. The highest BCUT2D eigenvalue weighted by molar-refractivity contribution is 6.42. The number of halogens is 2. The van der Waals surface area contributed by atoms with E-state index in [2.05, 4.69) is 6.08 Å². The number of carbonyl (C=O) groups excluding carboxylic acids is 1. The number of rotatable bonds is 7. The lowest BCUT2D eigenvalue weighted by Crippen LogP contribution is -2.02. The predicted molar refractivity (Wildman–Crippen MR) is 80.6 cm³/mol. The zero-order valence-corrected chi connectivity index (χ0v) is 12.5. The van der Waals surface area contributed by atoms with Crippen LogP contribution < -0.4 is 0 Å². The van der Waals surface area contributed by atoms with Crippen LogP contribution in [0.3, 0.4) is 0 Å². The zero-order valence-electron chi connectivity index (χ0n) is 11.0. The van der Waals surface area contributed by atoms with Gasteiger partial charge in [0.2, 0.25) is 0 Å². The molecule has 0 saturated heterocycles. The molecule has 0 aliphatic rings. The molecule has 104 valence electrons. The van der Waals surface area contributed by atoms with E-state index < -0.39 is 0 Å². The van der Waals surface area contributed by atoms with Crippen LogP contribution in [0, 0.1) is 0 Å². The molecule has 0 heterocycles. The fourth-order valence-corrected chi connectivity index (χ4v) is 1.91. The maximum absolute atomic E-state index is 11.1. The largest absolute Gasteiger partial charge is 0.466 e. The molecule has 0 aliphatic carbocycles. The van der Waals surface area contributed by atoms with Crippen molar-refractivity contribution in [1.82, 2.24) is 0 Å². The summed E-state index contributed by atoms with van der Waals surface area (Å²) in [6.45, 7) is 2.27. The second kappa shape index (κ2) is 9.00. The summed E-state index contributed by atoms with van der Waals surface area (Å²) in [5.74, 6) is -0.115. The van der Waals surface area contributed by atoms with Crippen molar-refractivity contribution in [3.05, 3.63) is 39.9 Å². The monoisotopic (exact) mass is 300 g/mol. The van der Waals surface area contributed by atoms with Gasteiger partial charge in [-0.1, -0.05) is 41.4 Å². The van der Waals surface area contributed by atoms with Crippen LogP contribution in [-0.4, -0.2) is 12.6 Å². The Bertz CT molecular complexity index is 442. The summed E-state index contributed by atoms with van der Waals surface area (Å²) in [5.41, 5.74) is 1.03. The third-order valence-corrected chi connectivity index (χ3v) is 3.30. The molecule has 0 saturated carbocycles. The van der Waals surface area contributed by atoms with Crippen molar-refractivity contribution >= 4 is 35.2 Å². The smallest absolute Gasteiger partial charge is 0.305 e. The molecule has 1 aromatic rings. The van der Waals surface area contributed by atoms with Crippen LogP contribution in [0.5, 0.6) is 0 Å². The highest BCUT2D eigenvalue weighted by Gasteiger charge is 2.00. The molecular weight excluding hydrogens is 283 g/mol. The predicted octanol–water partition coefficient (Wildman–Crippen LogP) is 5.13. The Morgan fingerprint density at radius 2 is 2.05 bits per heavy atom. The Balaban J connectivity index is 2.23. The molecule has 0 N–H and O–H groups in total. The van der Waals surface area contributed by atoms with Crippen LogP contribution in [0.4, 0.5) is 0 Å². The van der Waals surface area contributed by atoms with E-state index in [-0.39, 0.29) is 5.97 Å². The molecule has 0 bridgehead atoms. The number of hydrogen-bond acceptors (Lipinski definition) is 2. The average Bonchev–Trinajstić information content (AvgIpc) is 2.38. The van der Waals surface area contributed by atoms with E-state index in [0.29, 0.717) is 23.1 Å². The summed E-state index contributed by atoms with van der Waals surface area (Å²) in [7, 11) is 0. The summed E-state index contributed by atoms with van der Waals surface area (Å²) in [5, 5.41) is 1.12. The van der Waals surface area contributed by atoms with Crippen molar-refractivity contribution in [1.29, 1.82) is 0 Å². The maximum atomic E-state index is 11.1. The number of carbonyl (C=O) groups is 1. The first-order valence-electron chi connectivity index (χ1n) is 6.40. The Labute approximate surface area is 124 Å². The van der Waals surface area contributed by atoms with Crippen molar-refractivity contribution < 1.29 is 9.53 Å². The molecule has 0 radical (unpaired) electrons. The van der Waals surface area contributed by atoms with E-state index in [9.17, 15) is 4.79 Å². The first-order valence-corrected chi connectivity index (χ1v) is 7.16. The first kappa shape index (κ1) is 16.1. The van der Waals surface area contributed by atoms with E-state index in [4.69, 9.17) is 27.9 Å². The lowest BCUT2D eigenvalue weighted by atomic mass is 10.1. The van der Waals surface area contributed by atoms with Crippen LogP contribution in [0.25, 0.3) is 6.08 Å². The first-order chi connectivity index (χ1) is 9.13. The number of benzene rings is 1. The molecule has 1 rings (SSSR count). The molecule has 2 nitrogen and oxygen atoms in total. The molecule has 0 unspecified atom stereocenters. The summed E-state index contributed by atoms with van der Waals surface area (Å²) in [6.07, 6.45) is 7.33. The summed E-state index contributed by atoms with van der Waals surface area (Å²) < 4.78 is 4.86. The molecule has 0 fully saturated rings. The van der Waals surface area contributed by atoms with Gasteiger partial charge in [0, 0.05) is 6.42 Å². The van der Waals surface area contributed by atoms with Crippen molar-refractivity contribution in [2.45, 2.75) is 32.6 Å². The molecule has 0 atom stereocenters. The molecule has 0 spiro atoms. The van der Waals surface area contributed by atoms with Gasteiger partial charge in [-0.25, -0.2) is 0 Å². The van der Waals surface area contributed by atoms with Gasteiger partial charge < -0.3 is 4.74 Å². The highest BCUT2D eigenvalue weighted by Crippen LogP contribution is 2.23. The van der Waals surface area contributed by atoms with Crippen molar-refractivity contribution in [2.24, 2.45) is 0 Å². The second-order valence-corrected chi connectivity index (χ2v) is 4.94. The minimum atomic E-state index is -0.115. The van der Waals surface area contributed by atoms with Gasteiger partial charge in [0.1, 0.15) is 0 Å². The standard InChI is InChI=1S/C15H18Cl2O2/c1-2-19-15(18)8-6-4-3-5-7-12-9-10-13(16)14(17)11-12/h5,7,9-11H,2-4,6,8H2,1H3. The molecular formula is C15H18Cl2O2. The van der Waals surface area contributed by atoms with E-state index >= 15 is 0 Å². The molecule has 4 heteroatoms. The molecule has 0 aliphatic heterocycles. The van der Waals surface area contributed by atoms with Gasteiger partial charge in [0.25, 0.3) is 0 Å². The minimum absolute atomic E-state index is 0.115. The van der Waals surface area contributed by atoms with Crippen LogP contribution >= 0.6 is 23.2 Å². The van der Waals surface area contributed by atoms with Crippen molar-refractivity contribution in [2.75, 3.05) is 6.61 Å². The quantitative estimate of drug-likeness (QED) is 0.515. The van der Waals surface area contributed by atoms with Crippen LogP contribution in [0.1, 0.15) is 38.2 Å². The lowest BCUT2D eigenvalue weighted by Gasteiger charge is -2.00. The maximum Gasteiger partial charge on any atom is 0.305 e. The summed E-state index contributed by atoms with van der Waals surface area (Å²) >= 11 is 11.8. The SMILES string of the molecule is CCOC(=O)CCCCC=Cc1ccc(Cl)c(Cl)c1. The third kappa shape index (κ3) is 6.65. The normalized spacial score (nSPS) is 10.9. The van der Waals surface area contributed by atoms with Crippen LogP contribution in [0.2, 0.25) is 10.0 Å². The lowest BCUT2D eigenvalue weighted by molar-refractivity contribution is -0.143. The van der Waals surface area contributed by atoms with Gasteiger partial charge in [-0.05, 0) is 43.9 Å². The molecule has 0 amide bonds. The average molecular weight is 301 g/mol. The molecule has 0 aromatic heterocycles. The van der Waals surface area contributed by atoms with Crippen molar-refractivity contribution in [3.8, 4) is 0 Å². The minimum Gasteiger partial charge on any atom is -0.466 e. The Morgan fingerprint density at radius 3 is 2.74 bits per heavy atom. The summed E-state index contributed by atoms with van der Waals surface area (Å²) in [6, 6.07) is 5.53. The summed E-state index contributed by atoms with van der Waals surface area (Å²) in [4.78, 5) is 11.1. The van der Waals surface area contributed by atoms with Gasteiger partial charge in [0.15, 0.2) is 0 Å². The Morgan fingerprint density at radius 1 is 1.26 bits per heavy atom. The number of ether oxygens (including phenoxy) is 1. The second-order valence-electron chi connectivity index (χ2n) is 4.13. The van der Waals surface area contributed by atoms with Crippen LogP contribution in [0.15, 0.2) is 24.3 Å². The molecule has 1 aromatic carbocycles. The molecule has 19 heavy (non-hydrogen) atoms. The van der Waals surface area contributed by atoms with Gasteiger partial charge in [-0.2, -0.15) is 0 Å². The fourth-order valence-electron chi connectivity index (χ4n) is 1.60. The van der Waals surface area contributed by atoms with E-state index in [0.717, 1.165) is 24.8 Å². The number of allylic oxidation sites excluding steroid dienone is 1. The topological polar surface area (TPSA) is 26.3 Å². The zero-order chi connectivity index (χ0) is 14.1. The van der Waals surface area contributed by atoms with E-state index in [1.165, 1.54) is 0 Å². The highest BCUT2D eigenvalue weighted by atomic mass is 35.5. The van der Waals surface area contributed by atoms with Gasteiger partial charge in [-0.3, -0.25) is 4.79 Å². The fraction of sp³-hybridized carbons (Fsp3) is 0.400. The van der Waals surface area contributed by atoms with Crippen molar-refractivity contribution in [3.63, 3.8) is 0 Å². The van der Waals surface area contributed by atoms with Crippen LogP contribution in [-0.2, 0) is 9.53 Å². The van der Waals surface area contributed by atoms with Gasteiger partial charge >= 0.3 is 5.97 Å². The third-order valence-electron chi connectivity index (χ3n) is 2.56. The number of hydrogen-bond donors (Lipinski definition) is 0. The van der Waals surface area contributed by atoms with E-state index in [1.54, 1.807) is 6.07 Å². The van der Waals surface area contributed by atoms with Gasteiger partial charge in [-0.15, -0.1) is 0 Å².